The lowest BCUT2D eigenvalue weighted by atomic mass is 10.1. The van der Waals surface area contributed by atoms with Crippen LogP contribution in [0.5, 0.6) is 0 Å². The molecule has 0 radical (unpaired) electrons. The number of urea groups is 1. The van der Waals surface area contributed by atoms with Crippen molar-refractivity contribution in [3.8, 4) is 0 Å². The molecule has 0 aliphatic heterocycles. The van der Waals surface area contributed by atoms with Crippen molar-refractivity contribution in [2.75, 3.05) is 13.2 Å². The van der Waals surface area contributed by atoms with Gasteiger partial charge in [0.1, 0.15) is 0 Å². The largest absolute Gasteiger partial charge is 0.396 e. The number of hydrogen-bond acceptors (Lipinski definition) is 3. The van der Waals surface area contributed by atoms with Crippen molar-refractivity contribution < 1.29 is 9.90 Å². The first-order valence-corrected chi connectivity index (χ1v) is 8.39. The van der Waals surface area contributed by atoms with Crippen molar-refractivity contribution >= 4 is 6.03 Å². The Kier molecular flexibility index (Phi) is 5.15. The Morgan fingerprint density at radius 3 is 3.04 bits per heavy atom. The molecule has 0 bridgehead atoms. The van der Waals surface area contributed by atoms with Crippen molar-refractivity contribution in [3.63, 3.8) is 0 Å². The zero-order valence-electron chi connectivity index (χ0n) is 14.0. The lowest BCUT2D eigenvalue weighted by molar-refractivity contribution is 0.164. The van der Waals surface area contributed by atoms with Crippen LogP contribution in [0.3, 0.4) is 0 Å². The van der Waals surface area contributed by atoms with Crippen molar-refractivity contribution in [3.05, 3.63) is 53.3 Å². The first-order valence-electron chi connectivity index (χ1n) is 8.39. The summed E-state index contributed by atoms with van der Waals surface area (Å²) >= 11 is 0. The van der Waals surface area contributed by atoms with Gasteiger partial charge in [0.2, 0.25) is 0 Å². The van der Waals surface area contributed by atoms with E-state index >= 15 is 0 Å². The van der Waals surface area contributed by atoms with Crippen molar-refractivity contribution in [1.82, 2.24) is 20.0 Å². The van der Waals surface area contributed by atoms with Gasteiger partial charge in [0.15, 0.2) is 0 Å². The summed E-state index contributed by atoms with van der Waals surface area (Å²) in [5.41, 5.74) is 3.52. The number of carbonyl (C=O) groups is 1. The van der Waals surface area contributed by atoms with Crippen molar-refractivity contribution in [2.24, 2.45) is 7.05 Å². The monoisotopic (exact) mass is 328 g/mol. The third-order valence-electron chi connectivity index (χ3n) is 4.50. The number of fused-ring (bicyclic) bond motifs is 1. The van der Waals surface area contributed by atoms with Gasteiger partial charge in [0.05, 0.1) is 12.2 Å². The van der Waals surface area contributed by atoms with Crippen LogP contribution < -0.4 is 5.32 Å². The maximum Gasteiger partial charge on any atom is 0.318 e. The van der Waals surface area contributed by atoms with Crippen molar-refractivity contribution in [1.29, 1.82) is 0 Å². The van der Waals surface area contributed by atoms with Gasteiger partial charge in [-0.1, -0.05) is 24.3 Å². The summed E-state index contributed by atoms with van der Waals surface area (Å²) in [7, 11) is 1.86. The van der Waals surface area contributed by atoms with E-state index in [0.29, 0.717) is 19.5 Å². The summed E-state index contributed by atoms with van der Waals surface area (Å²) in [5, 5.41) is 16.3. The van der Waals surface area contributed by atoms with Crippen molar-refractivity contribution in [2.45, 2.75) is 31.8 Å². The van der Waals surface area contributed by atoms with E-state index in [-0.39, 0.29) is 18.7 Å². The van der Waals surface area contributed by atoms with Crippen LogP contribution in [0, 0.1) is 0 Å². The topological polar surface area (TPSA) is 70.4 Å². The molecule has 0 spiro atoms. The Morgan fingerprint density at radius 1 is 1.46 bits per heavy atom. The number of carbonyl (C=O) groups excluding carboxylic acids is 1. The molecule has 0 saturated carbocycles. The quantitative estimate of drug-likeness (QED) is 0.852. The molecule has 1 aromatic carbocycles. The molecular weight excluding hydrogens is 304 g/mol. The molecule has 2 aromatic rings. The second kappa shape index (κ2) is 7.49. The van der Waals surface area contributed by atoms with Crippen LogP contribution in [0.2, 0.25) is 0 Å². The third kappa shape index (κ3) is 3.59. The van der Waals surface area contributed by atoms with Gasteiger partial charge in [-0.15, -0.1) is 0 Å². The summed E-state index contributed by atoms with van der Waals surface area (Å²) in [6, 6.07) is 8.30. The van der Waals surface area contributed by atoms with Crippen LogP contribution in [0.4, 0.5) is 4.79 Å². The highest BCUT2D eigenvalue weighted by Crippen LogP contribution is 2.35. The van der Waals surface area contributed by atoms with Gasteiger partial charge in [-0.3, -0.25) is 4.68 Å². The lowest BCUT2D eigenvalue weighted by Gasteiger charge is -2.30. The number of amides is 2. The maximum absolute atomic E-state index is 12.7. The number of benzene rings is 1. The van der Waals surface area contributed by atoms with Crippen LogP contribution in [0.15, 0.2) is 36.7 Å². The molecule has 2 amide bonds. The molecular formula is C18H24N4O2. The molecule has 1 aromatic heterocycles. The number of nitrogens with one attached hydrogen (secondary N) is 1. The number of aliphatic hydroxyl groups excluding tert-OH is 1. The van der Waals surface area contributed by atoms with Gasteiger partial charge in [-0.05, 0) is 30.4 Å². The average molecular weight is 328 g/mol. The smallest absolute Gasteiger partial charge is 0.318 e. The molecule has 1 heterocycles. The number of aliphatic hydroxyl groups is 1. The fourth-order valence-electron chi connectivity index (χ4n) is 3.34. The van der Waals surface area contributed by atoms with Gasteiger partial charge in [-0.2, -0.15) is 5.10 Å². The Bertz CT molecular complexity index is 698. The maximum atomic E-state index is 12.7. The van der Waals surface area contributed by atoms with Crippen LogP contribution >= 0.6 is 0 Å². The predicted molar refractivity (Wildman–Crippen MR) is 91.4 cm³/mol. The highest BCUT2D eigenvalue weighted by molar-refractivity contribution is 5.75. The van der Waals surface area contributed by atoms with Crippen LogP contribution in [-0.2, 0) is 20.0 Å². The molecule has 6 nitrogen and oxygen atoms in total. The molecule has 0 fully saturated rings. The van der Waals surface area contributed by atoms with Gasteiger partial charge in [-0.25, -0.2) is 4.79 Å². The van der Waals surface area contributed by atoms with E-state index < -0.39 is 0 Å². The number of nitrogens with zero attached hydrogens (tertiary/aromatic N) is 3. The first kappa shape index (κ1) is 16.5. The van der Waals surface area contributed by atoms with E-state index in [0.717, 1.165) is 18.4 Å². The molecule has 24 heavy (non-hydrogen) atoms. The molecule has 1 aliphatic carbocycles. The highest BCUT2D eigenvalue weighted by atomic mass is 16.3. The standard InChI is InChI=1S/C18H24N4O2/c1-21-13-14(12-20-21)11-19-18(24)22(9-4-10-23)17-8-7-15-5-2-3-6-16(15)17/h2-3,5-6,12-13,17,23H,4,7-11H2,1H3,(H,19,24). The summed E-state index contributed by atoms with van der Waals surface area (Å²) in [6.07, 6.45) is 6.16. The Labute approximate surface area is 142 Å². The Morgan fingerprint density at radius 2 is 2.29 bits per heavy atom. The van der Waals surface area contributed by atoms with Gasteiger partial charge in [0.25, 0.3) is 0 Å². The van der Waals surface area contributed by atoms with E-state index in [2.05, 4.69) is 22.5 Å². The van der Waals surface area contributed by atoms with E-state index in [1.54, 1.807) is 10.9 Å². The number of aryl methyl sites for hydroxylation is 2. The number of hydrogen-bond donors (Lipinski definition) is 2. The Balaban J connectivity index is 1.70. The fourth-order valence-corrected chi connectivity index (χ4v) is 3.34. The third-order valence-corrected chi connectivity index (χ3v) is 4.50. The second-order valence-corrected chi connectivity index (χ2v) is 6.20. The number of rotatable bonds is 6. The van der Waals surface area contributed by atoms with Gasteiger partial charge >= 0.3 is 6.03 Å². The average Bonchev–Trinajstić information content (AvgIpc) is 3.20. The molecule has 1 atom stereocenters. The van der Waals surface area contributed by atoms with Crippen LogP contribution in [0.25, 0.3) is 0 Å². The summed E-state index contributed by atoms with van der Waals surface area (Å²) in [4.78, 5) is 14.6. The molecule has 1 unspecified atom stereocenters. The van der Waals surface area contributed by atoms with E-state index in [1.165, 1.54) is 11.1 Å². The highest BCUT2D eigenvalue weighted by Gasteiger charge is 2.30. The minimum Gasteiger partial charge on any atom is -0.396 e. The lowest BCUT2D eigenvalue weighted by Crippen LogP contribution is -2.42. The van der Waals surface area contributed by atoms with Crippen LogP contribution in [0.1, 0.15) is 35.6 Å². The van der Waals surface area contributed by atoms with Gasteiger partial charge in [0, 0.05) is 38.5 Å². The summed E-state index contributed by atoms with van der Waals surface area (Å²) in [5.74, 6) is 0. The molecule has 128 valence electrons. The van der Waals surface area contributed by atoms with E-state index in [1.807, 2.05) is 30.3 Å². The SMILES string of the molecule is Cn1cc(CNC(=O)N(CCCO)C2CCc3ccccc32)cn1. The fraction of sp³-hybridized carbons (Fsp3) is 0.444. The summed E-state index contributed by atoms with van der Waals surface area (Å²) < 4.78 is 1.72. The molecule has 3 rings (SSSR count). The number of aromatic nitrogens is 2. The summed E-state index contributed by atoms with van der Waals surface area (Å²) in [6.45, 7) is 1.09. The minimum absolute atomic E-state index is 0.0841. The Hall–Kier alpha value is -2.34. The minimum atomic E-state index is -0.0889. The zero-order chi connectivity index (χ0) is 16.9. The predicted octanol–water partition coefficient (Wildman–Crippen LogP) is 2.00. The molecule has 2 N–H and O–H groups in total. The van der Waals surface area contributed by atoms with E-state index in [4.69, 9.17) is 0 Å². The van der Waals surface area contributed by atoms with Crippen LogP contribution in [-0.4, -0.2) is 39.0 Å². The second-order valence-electron chi connectivity index (χ2n) is 6.20. The zero-order valence-corrected chi connectivity index (χ0v) is 14.0. The molecule has 0 saturated heterocycles. The van der Waals surface area contributed by atoms with E-state index in [9.17, 15) is 9.90 Å². The molecule has 6 heteroatoms. The molecule has 1 aliphatic rings. The van der Waals surface area contributed by atoms with Gasteiger partial charge < -0.3 is 15.3 Å². The normalized spacial score (nSPS) is 16.0. The first-order chi connectivity index (χ1) is 11.7.